The van der Waals surface area contributed by atoms with Crippen molar-refractivity contribution in [2.24, 2.45) is 15.2 Å². The number of azo groups is 1. The molecular formula is C15H12F6N4O. The second kappa shape index (κ2) is 6.59. The van der Waals surface area contributed by atoms with Gasteiger partial charge in [-0.25, -0.2) is 9.84 Å². The molecule has 0 saturated carbocycles. The molecule has 140 valence electrons. The zero-order valence-electron chi connectivity index (χ0n) is 13.5. The molecule has 2 atom stereocenters. The summed E-state index contributed by atoms with van der Waals surface area (Å²) < 4.78 is 82.3. The number of rotatable bonds is 2. The highest BCUT2D eigenvalue weighted by molar-refractivity contribution is 5.88. The summed E-state index contributed by atoms with van der Waals surface area (Å²) in [6, 6.07) is 0.656. The molecule has 1 heterocycles. The average Bonchev–Trinajstić information content (AvgIpc) is 2.95. The molecule has 1 aromatic carbocycles. The predicted molar refractivity (Wildman–Crippen MR) is 79.5 cm³/mol. The lowest BCUT2D eigenvalue weighted by atomic mass is 9.95. The second-order valence-electron chi connectivity index (χ2n) is 5.68. The van der Waals surface area contributed by atoms with E-state index in [0.717, 1.165) is 19.2 Å². The lowest BCUT2D eigenvalue weighted by Crippen LogP contribution is -2.37. The van der Waals surface area contributed by atoms with Crippen LogP contribution in [0.1, 0.15) is 18.9 Å². The summed E-state index contributed by atoms with van der Waals surface area (Å²) in [5, 5.41) is 6.74. The summed E-state index contributed by atoms with van der Waals surface area (Å²) in [4.78, 5) is 6.66. The zero-order chi connectivity index (χ0) is 19.8. The van der Waals surface area contributed by atoms with E-state index < -0.39 is 41.6 Å². The Hall–Kier alpha value is -2.64. The van der Waals surface area contributed by atoms with Gasteiger partial charge in [0, 0.05) is 6.42 Å². The Bertz CT molecular complexity index is 793. The van der Waals surface area contributed by atoms with Gasteiger partial charge in [-0.1, -0.05) is 6.07 Å². The maximum atomic E-state index is 13.0. The quantitative estimate of drug-likeness (QED) is 0.291. The Balaban J connectivity index is 2.42. The molecule has 1 aromatic rings. The summed E-state index contributed by atoms with van der Waals surface area (Å²) in [6.07, 6.45) is -9.95. The predicted octanol–water partition coefficient (Wildman–Crippen LogP) is 5.48. The van der Waals surface area contributed by atoms with Crippen LogP contribution in [0.3, 0.4) is 0 Å². The third-order valence-electron chi connectivity index (χ3n) is 3.68. The van der Waals surface area contributed by atoms with E-state index in [1.165, 1.54) is 6.92 Å². The number of hydrogen-bond donors (Lipinski definition) is 0. The molecule has 0 saturated heterocycles. The van der Waals surface area contributed by atoms with Crippen LogP contribution in [0, 0.1) is 6.57 Å². The molecule has 2 rings (SSSR count). The molecule has 0 aromatic heterocycles. The van der Waals surface area contributed by atoms with Crippen LogP contribution in [0.4, 0.5) is 37.7 Å². The first kappa shape index (κ1) is 19.7. The van der Waals surface area contributed by atoms with Gasteiger partial charge < -0.3 is 4.74 Å². The van der Waals surface area contributed by atoms with Gasteiger partial charge in [-0.3, -0.25) is 0 Å². The van der Waals surface area contributed by atoms with Gasteiger partial charge in [0.15, 0.2) is 17.3 Å². The normalized spacial score (nSPS) is 23.8. The van der Waals surface area contributed by atoms with Crippen LogP contribution in [0.2, 0.25) is 0 Å². The van der Waals surface area contributed by atoms with Crippen molar-refractivity contribution in [2.45, 2.75) is 37.3 Å². The zero-order valence-corrected chi connectivity index (χ0v) is 13.5. The summed E-state index contributed by atoms with van der Waals surface area (Å²) in [6.45, 7) is 8.09. The average molecular weight is 378 g/mol. The first-order valence-electron chi connectivity index (χ1n) is 7.11. The van der Waals surface area contributed by atoms with E-state index >= 15 is 0 Å². The highest BCUT2D eigenvalue weighted by atomic mass is 19.4. The lowest BCUT2D eigenvalue weighted by Gasteiger charge is -2.21. The van der Waals surface area contributed by atoms with Gasteiger partial charge in [-0.15, -0.1) is 0 Å². The van der Waals surface area contributed by atoms with Crippen molar-refractivity contribution in [1.82, 2.24) is 0 Å². The Morgan fingerprint density at radius 2 is 1.96 bits per heavy atom. The Morgan fingerprint density at radius 1 is 1.31 bits per heavy atom. The Labute approximate surface area is 144 Å². The summed E-state index contributed by atoms with van der Waals surface area (Å²) in [5.74, 6) is -0.309. The number of benzene rings is 1. The third kappa shape index (κ3) is 3.95. The van der Waals surface area contributed by atoms with E-state index in [0.29, 0.717) is 6.07 Å². The van der Waals surface area contributed by atoms with Gasteiger partial charge in [0.2, 0.25) is 5.90 Å². The summed E-state index contributed by atoms with van der Waals surface area (Å²) in [5.41, 5.74) is -3.60. The molecule has 5 nitrogen and oxygen atoms in total. The van der Waals surface area contributed by atoms with Gasteiger partial charge >= 0.3 is 12.4 Å². The molecule has 1 aliphatic rings. The van der Waals surface area contributed by atoms with Crippen molar-refractivity contribution in [2.75, 3.05) is 7.11 Å². The molecule has 0 bridgehead atoms. The number of nitrogens with zero attached hydrogens (tertiary/aromatic N) is 4. The smallest absolute Gasteiger partial charge is 0.412 e. The molecule has 0 amide bonds. The van der Waals surface area contributed by atoms with E-state index in [1.807, 2.05) is 0 Å². The first-order valence-corrected chi connectivity index (χ1v) is 7.11. The number of hydrogen-bond acceptors (Lipinski definition) is 4. The number of methoxy groups -OCH3 is 1. The fraction of sp³-hybridized carbons (Fsp3) is 0.467. The minimum absolute atomic E-state index is 0.228. The second-order valence-corrected chi connectivity index (χ2v) is 5.68. The van der Waals surface area contributed by atoms with Gasteiger partial charge in [-0.05, 0) is 19.1 Å². The van der Waals surface area contributed by atoms with Crippen LogP contribution in [-0.4, -0.2) is 30.8 Å². The SMILES string of the molecule is [C-]#[N+]c1ccc(N=C(OC)C2(C)CC(C(F)(F)F)N=N2)cc1C(F)(F)F. The highest BCUT2D eigenvalue weighted by Crippen LogP contribution is 2.40. The van der Waals surface area contributed by atoms with Crippen molar-refractivity contribution < 1.29 is 31.1 Å². The van der Waals surface area contributed by atoms with Gasteiger partial charge in [-0.2, -0.15) is 36.6 Å². The number of ether oxygens (including phenoxy) is 1. The maximum absolute atomic E-state index is 13.0. The van der Waals surface area contributed by atoms with E-state index in [9.17, 15) is 26.3 Å². The molecule has 0 aliphatic carbocycles. The third-order valence-corrected chi connectivity index (χ3v) is 3.68. The van der Waals surface area contributed by atoms with E-state index in [1.54, 1.807) is 0 Å². The van der Waals surface area contributed by atoms with Crippen LogP contribution in [-0.2, 0) is 10.9 Å². The van der Waals surface area contributed by atoms with Crippen molar-refractivity contribution in [3.8, 4) is 0 Å². The summed E-state index contributed by atoms with van der Waals surface area (Å²) in [7, 11) is 1.12. The van der Waals surface area contributed by atoms with Crippen LogP contribution in [0.5, 0.6) is 0 Å². The van der Waals surface area contributed by atoms with Gasteiger partial charge in [0.25, 0.3) is 0 Å². The topological polar surface area (TPSA) is 50.7 Å². The molecule has 26 heavy (non-hydrogen) atoms. The maximum Gasteiger partial charge on any atom is 0.412 e. The van der Waals surface area contributed by atoms with E-state index in [-0.39, 0.29) is 11.6 Å². The molecule has 0 fully saturated rings. The fourth-order valence-electron chi connectivity index (χ4n) is 2.39. The minimum atomic E-state index is -4.78. The molecular weight excluding hydrogens is 366 g/mol. The monoisotopic (exact) mass is 378 g/mol. The van der Waals surface area contributed by atoms with E-state index in [4.69, 9.17) is 11.3 Å². The number of halogens is 6. The van der Waals surface area contributed by atoms with Crippen LogP contribution >= 0.6 is 0 Å². The Kier molecular flexibility index (Phi) is 4.98. The van der Waals surface area contributed by atoms with Crippen molar-refractivity contribution in [3.63, 3.8) is 0 Å². The standard InChI is InChI=1S/C15H12F6N4O/c1-13(7-11(24-25-13)15(19,20)21)12(26-3)23-8-4-5-10(22-2)9(6-8)14(16,17)18/h4-6,11H,7H2,1,3H3. The molecule has 2 unspecified atom stereocenters. The first-order chi connectivity index (χ1) is 11.9. The van der Waals surface area contributed by atoms with Gasteiger partial charge in [0.05, 0.1) is 24.9 Å². The van der Waals surface area contributed by atoms with Crippen LogP contribution < -0.4 is 0 Å². The highest BCUT2D eigenvalue weighted by Gasteiger charge is 2.51. The van der Waals surface area contributed by atoms with Crippen LogP contribution in [0.15, 0.2) is 33.4 Å². The van der Waals surface area contributed by atoms with Crippen molar-refractivity contribution >= 4 is 17.3 Å². The number of alkyl halides is 6. The Morgan fingerprint density at radius 3 is 2.42 bits per heavy atom. The molecule has 0 spiro atoms. The summed E-state index contributed by atoms with van der Waals surface area (Å²) >= 11 is 0. The van der Waals surface area contributed by atoms with Crippen LogP contribution in [0.25, 0.3) is 4.85 Å². The largest absolute Gasteiger partial charge is 0.482 e. The minimum Gasteiger partial charge on any atom is -0.482 e. The van der Waals surface area contributed by atoms with E-state index in [2.05, 4.69) is 20.1 Å². The van der Waals surface area contributed by atoms with Crippen molar-refractivity contribution in [3.05, 3.63) is 35.2 Å². The molecule has 11 heteroatoms. The fourth-order valence-corrected chi connectivity index (χ4v) is 2.39. The molecule has 0 N–H and O–H groups in total. The van der Waals surface area contributed by atoms with Crippen molar-refractivity contribution in [1.29, 1.82) is 0 Å². The molecule has 1 aliphatic heterocycles. The van der Waals surface area contributed by atoms with Gasteiger partial charge in [0.1, 0.15) is 0 Å². The number of aliphatic imine (C=N–C) groups is 1. The molecule has 0 radical (unpaired) electrons. The lowest BCUT2D eigenvalue weighted by molar-refractivity contribution is -0.147.